The van der Waals surface area contributed by atoms with Crippen molar-refractivity contribution in [3.05, 3.63) is 34.3 Å². The molecule has 1 aliphatic rings. The Morgan fingerprint density at radius 1 is 1.17 bits per heavy atom. The van der Waals surface area contributed by atoms with Crippen LogP contribution in [-0.4, -0.2) is 11.1 Å². The van der Waals surface area contributed by atoms with Crippen molar-refractivity contribution >= 4 is 21.9 Å². The lowest BCUT2D eigenvalue weighted by Crippen LogP contribution is -2.24. The van der Waals surface area contributed by atoms with Crippen LogP contribution in [-0.2, 0) is 11.2 Å². The quantitative estimate of drug-likeness (QED) is 0.901. The Kier molecular flexibility index (Phi) is 4.81. The molecular formula is C15H19BrO2. The van der Waals surface area contributed by atoms with E-state index >= 15 is 0 Å². The first-order valence-corrected chi connectivity index (χ1v) is 7.40. The monoisotopic (exact) mass is 310 g/mol. The SMILES string of the molecule is O=C(O)CC1CCCCC1Cc1ccc(Br)cc1. The Bertz CT molecular complexity index is 399. The van der Waals surface area contributed by atoms with E-state index in [4.69, 9.17) is 5.11 Å². The van der Waals surface area contributed by atoms with Gasteiger partial charge in [0.1, 0.15) is 0 Å². The lowest BCUT2D eigenvalue weighted by atomic mass is 9.75. The maximum atomic E-state index is 10.9. The second-order valence-electron chi connectivity index (χ2n) is 5.23. The molecule has 1 aliphatic carbocycles. The van der Waals surface area contributed by atoms with Crippen LogP contribution in [0.25, 0.3) is 0 Å². The van der Waals surface area contributed by atoms with Gasteiger partial charge in [-0.2, -0.15) is 0 Å². The summed E-state index contributed by atoms with van der Waals surface area (Å²) < 4.78 is 1.09. The number of rotatable bonds is 4. The van der Waals surface area contributed by atoms with Gasteiger partial charge >= 0.3 is 5.97 Å². The minimum absolute atomic E-state index is 0.335. The second-order valence-corrected chi connectivity index (χ2v) is 6.15. The number of aliphatic carboxylic acids is 1. The highest BCUT2D eigenvalue weighted by atomic mass is 79.9. The molecule has 0 radical (unpaired) electrons. The lowest BCUT2D eigenvalue weighted by molar-refractivity contribution is -0.138. The molecule has 2 atom stereocenters. The Morgan fingerprint density at radius 2 is 1.78 bits per heavy atom. The van der Waals surface area contributed by atoms with E-state index in [-0.39, 0.29) is 0 Å². The van der Waals surface area contributed by atoms with Gasteiger partial charge in [0.2, 0.25) is 0 Å². The van der Waals surface area contributed by atoms with Crippen LogP contribution in [0, 0.1) is 11.8 Å². The van der Waals surface area contributed by atoms with Crippen LogP contribution in [0.4, 0.5) is 0 Å². The first kappa shape index (κ1) is 13.6. The third-order valence-corrected chi connectivity index (χ3v) is 4.44. The van der Waals surface area contributed by atoms with Gasteiger partial charge in [-0.25, -0.2) is 0 Å². The molecular weight excluding hydrogens is 292 g/mol. The maximum Gasteiger partial charge on any atom is 0.303 e. The van der Waals surface area contributed by atoms with Gasteiger partial charge in [0.05, 0.1) is 0 Å². The largest absolute Gasteiger partial charge is 0.481 e. The molecule has 0 aliphatic heterocycles. The molecule has 0 amide bonds. The first-order chi connectivity index (χ1) is 8.65. The van der Waals surface area contributed by atoms with E-state index in [1.807, 2.05) is 0 Å². The predicted octanol–water partition coefficient (Wildman–Crippen LogP) is 4.27. The van der Waals surface area contributed by atoms with Crippen molar-refractivity contribution in [1.82, 2.24) is 0 Å². The summed E-state index contributed by atoms with van der Waals surface area (Å²) in [6, 6.07) is 8.39. The lowest BCUT2D eigenvalue weighted by Gasteiger charge is -2.30. The summed E-state index contributed by atoms with van der Waals surface area (Å²) in [6.45, 7) is 0. The fourth-order valence-electron chi connectivity index (χ4n) is 2.97. The minimum atomic E-state index is -0.650. The van der Waals surface area contributed by atoms with E-state index in [0.717, 1.165) is 17.3 Å². The van der Waals surface area contributed by atoms with Crippen LogP contribution >= 0.6 is 15.9 Å². The molecule has 0 spiro atoms. The molecule has 2 rings (SSSR count). The van der Waals surface area contributed by atoms with Crippen molar-refractivity contribution in [1.29, 1.82) is 0 Å². The molecule has 2 unspecified atom stereocenters. The maximum absolute atomic E-state index is 10.9. The predicted molar refractivity (Wildman–Crippen MR) is 75.5 cm³/mol. The van der Waals surface area contributed by atoms with Crippen LogP contribution < -0.4 is 0 Å². The summed E-state index contributed by atoms with van der Waals surface area (Å²) in [5.41, 5.74) is 1.32. The third kappa shape index (κ3) is 3.84. The van der Waals surface area contributed by atoms with E-state index < -0.39 is 5.97 Å². The zero-order valence-corrected chi connectivity index (χ0v) is 12.0. The molecule has 2 nitrogen and oxygen atoms in total. The van der Waals surface area contributed by atoms with E-state index in [1.54, 1.807) is 0 Å². The van der Waals surface area contributed by atoms with Gasteiger partial charge in [0, 0.05) is 10.9 Å². The fourth-order valence-corrected chi connectivity index (χ4v) is 3.23. The molecule has 0 aromatic heterocycles. The summed E-state index contributed by atoms with van der Waals surface area (Å²) in [7, 11) is 0. The van der Waals surface area contributed by atoms with E-state index in [1.165, 1.54) is 24.8 Å². The van der Waals surface area contributed by atoms with Gasteiger partial charge in [-0.3, -0.25) is 4.79 Å². The standard InChI is InChI=1S/C15H19BrO2/c16-14-7-5-11(6-8-14)9-12-3-1-2-4-13(12)10-15(17)18/h5-8,12-13H,1-4,9-10H2,(H,17,18). The zero-order valence-electron chi connectivity index (χ0n) is 10.4. The van der Waals surface area contributed by atoms with Crippen LogP contribution in [0.5, 0.6) is 0 Å². The molecule has 1 saturated carbocycles. The Morgan fingerprint density at radius 3 is 2.39 bits per heavy atom. The number of benzene rings is 1. The highest BCUT2D eigenvalue weighted by Crippen LogP contribution is 2.34. The fraction of sp³-hybridized carbons (Fsp3) is 0.533. The van der Waals surface area contributed by atoms with Crippen molar-refractivity contribution in [2.24, 2.45) is 11.8 Å². The Labute approximate surface area is 117 Å². The number of carbonyl (C=O) groups is 1. The van der Waals surface area contributed by atoms with E-state index in [2.05, 4.69) is 40.2 Å². The highest BCUT2D eigenvalue weighted by Gasteiger charge is 2.26. The van der Waals surface area contributed by atoms with Crippen LogP contribution in [0.1, 0.15) is 37.7 Å². The van der Waals surface area contributed by atoms with Crippen LogP contribution in [0.15, 0.2) is 28.7 Å². The summed E-state index contributed by atoms with van der Waals surface area (Å²) in [5, 5.41) is 8.98. The molecule has 18 heavy (non-hydrogen) atoms. The average Bonchev–Trinajstić information content (AvgIpc) is 2.34. The topological polar surface area (TPSA) is 37.3 Å². The normalized spacial score (nSPS) is 23.8. The average molecular weight is 311 g/mol. The number of carboxylic acid groups (broad SMARTS) is 1. The highest BCUT2D eigenvalue weighted by molar-refractivity contribution is 9.10. The molecule has 1 aromatic carbocycles. The van der Waals surface area contributed by atoms with Crippen molar-refractivity contribution in [2.75, 3.05) is 0 Å². The van der Waals surface area contributed by atoms with Crippen molar-refractivity contribution in [2.45, 2.75) is 38.5 Å². The molecule has 0 saturated heterocycles. The van der Waals surface area contributed by atoms with Crippen molar-refractivity contribution in [3.8, 4) is 0 Å². The van der Waals surface area contributed by atoms with Gasteiger partial charge in [-0.05, 0) is 48.8 Å². The number of hydrogen-bond acceptors (Lipinski definition) is 1. The second kappa shape index (κ2) is 6.37. The third-order valence-electron chi connectivity index (χ3n) is 3.91. The van der Waals surface area contributed by atoms with Crippen molar-refractivity contribution in [3.63, 3.8) is 0 Å². The van der Waals surface area contributed by atoms with Gasteiger partial charge < -0.3 is 5.11 Å². The zero-order chi connectivity index (χ0) is 13.0. The van der Waals surface area contributed by atoms with E-state index in [9.17, 15) is 4.79 Å². The number of halogens is 1. The molecule has 98 valence electrons. The molecule has 1 fully saturated rings. The smallest absolute Gasteiger partial charge is 0.303 e. The summed E-state index contributed by atoms with van der Waals surface area (Å²) in [4.78, 5) is 10.9. The number of carboxylic acids is 1. The van der Waals surface area contributed by atoms with E-state index in [0.29, 0.717) is 18.3 Å². The van der Waals surface area contributed by atoms with Crippen LogP contribution in [0.3, 0.4) is 0 Å². The molecule has 0 bridgehead atoms. The first-order valence-electron chi connectivity index (χ1n) is 6.61. The molecule has 1 aromatic rings. The molecule has 1 N–H and O–H groups in total. The van der Waals surface area contributed by atoms with Gasteiger partial charge in [0.15, 0.2) is 0 Å². The minimum Gasteiger partial charge on any atom is -0.481 e. The van der Waals surface area contributed by atoms with Gasteiger partial charge in [-0.1, -0.05) is 40.9 Å². The number of hydrogen-bond donors (Lipinski definition) is 1. The Balaban J connectivity index is 2.00. The van der Waals surface area contributed by atoms with Gasteiger partial charge in [0.25, 0.3) is 0 Å². The molecule has 0 heterocycles. The molecule has 3 heteroatoms. The summed E-state index contributed by atoms with van der Waals surface area (Å²) >= 11 is 3.44. The summed E-state index contributed by atoms with van der Waals surface area (Å²) in [5.74, 6) is 0.249. The summed E-state index contributed by atoms with van der Waals surface area (Å²) in [6.07, 6.45) is 6.04. The van der Waals surface area contributed by atoms with Crippen molar-refractivity contribution < 1.29 is 9.90 Å². The Hall–Kier alpha value is -0.830. The van der Waals surface area contributed by atoms with Crippen LogP contribution in [0.2, 0.25) is 0 Å². The van der Waals surface area contributed by atoms with Gasteiger partial charge in [-0.15, -0.1) is 0 Å².